The van der Waals surface area contributed by atoms with Crippen molar-refractivity contribution in [3.05, 3.63) is 34.4 Å². The smallest absolute Gasteiger partial charge is 0.198 e. The van der Waals surface area contributed by atoms with Gasteiger partial charge in [-0.15, -0.1) is 0 Å². The highest BCUT2D eigenvalue weighted by Gasteiger charge is 2.33. The summed E-state index contributed by atoms with van der Waals surface area (Å²) in [7, 11) is 0. The number of nitriles is 2. The topological polar surface area (TPSA) is 47.6 Å². The fraction of sp³-hybridized carbons (Fsp3) is 0.273. The molecule has 5 heteroatoms. The van der Waals surface area contributed by atoms with Gasteiger partial charge in [0.1, 0.15) is 0 Å². The van der Waals surface area contributed by atoms with Crippen LogP contribution in [-0.4, -0.2) is 0 Å². The van der Waals surface area contributed by atoms with Crippen LogP contribution in [0, 0.1) is 29.6 Å². The third-order valence-electron chi connectivity index (χ3n) is 2.24. The molecule has 1 aromatic carbocycles. The van der Waals surface area contributed by atoms with E-state index >= 15 is 0 Å². The second kappa shape index (κ2) is 4.24. The van der Waals surface area contributed by atoms with Crippen molar-refractivity contribution in [3.63, 3.8) is 0 Å². The molecule has 82 valence electrons. The molecule has 0 saturated heterocycles. The van der Waals surface area contributed by atoms with Crippen LogP contribution < -0.4 is 0 Å². The lowest BCUT2D eigenvalue weighted by Crippen LogP contribution is -2.09. The Morgan fingerprint density at radius 1 is 1.25 bits per heavy atom. The monoisotopic (exact) mass is 224 g/mol. The number of rotatable bonds is 1. The van der Waals surface area contributed by atoms with Crippen molar-refractivity contribution in [2.75, 3.05) is 0 Å². The average molecular weight is 224 g/mol. The van der Waals surface area contributed by atoms with Crippen LogP contribution in [0.5, 0.6) is 0 Å². The number of alkyl halides is 3. The molecule has 0 aliphatic heterocycles. The highest BCUT2D eigenvalue weighted by molar-refractivity contribution is 5.49. The summed E-state index contributed by atoms with van der Waals surface area (Å²) >= 11 is 0. The fourth-order valence-electron chi connectivity index (χ4n) is 1.46. The summed E-state index contributed by atoms with van der Waals surface area (Å²) in [6.07, 6.45) is -4.54. The summed E-state index contributed by atoms with van der Waals surface area (Å²) in [4.78, 5) is 0. The van der Waals surface area contributed by atoms with E-state index in [-0.39, 0.29) is 17.5 Å². The Morgan fingerprint density at radius 3 is 2.31 bits per heavy atom. The molecule has 0 unspecified atom stereocenters. The van der Waals surface area contributed by atoms with E-state index < -0.39 is 11.7 Å². The molecule has 0 aliphatic carbocycles. The summed E-state index contributed by atoms with van der Waals surface area (Å²) in [6, 6.07) is 5.61. The SMILES string of the molecule is Cc1c(C(F)(F)F)ccc(CC#N)c1C#N. The van der Waals surface area contributed by atoms with Crippen LogP contribution in [0.25, 0.3) is 0 Å². The molecule has 0 heterocycles. The number of nitrogens with zero attached hydrogens (tertiary/aromatic N) is 2. The molecule has 0 saturated carbocycles. The van der Waals surface area contributed by atoms with Crippen molar-refractivity contribution in [3.8, 4) is 12.1 Å². The molecule has 0 aromatic heterocycles. The zero-order valence-corrected chi connectivity index (χ0v) is 8.39. The van der Waals surface area contributed by atoms with Crippen molar-refractivity contribution in [2.45, 2.75) is 19.5 Å². The number of halogens is 3. The first-order valence-corrected chi connectivity index (χ1v) is 4.38. The Morgan fingerprint density at radius 2 is 1.88 bits per heavy atom. The lowest BCUT2D eigenvalue weighted by Gasteiger charge is -2.12. The van der Waals surface area contributed by atoms with Crippen LogP contribution in [0.1, 0.15) is 22.3 Å². The van der Waals surface area contributed by atoms with Crippen LogP contribution in [0.3, 0.4) is 0 Å². The summed E-state index contributed by atoms with van der Waals surface area (Å²) in [5, 5.41) is 17.3. The van der Waals surface area contributed by atoms with E-state index in [1.165, 1.54) is 13.0 Å². The van der Waals surface area contributed by atoms with E-state index in [1.807, 2.05) is 6.07 Å². The van der Waals surface area contributed by atoms with E-state index in [0.717, 1.165) is 6.07 Å². The minimum Gasteiger partial charge on any atom is -0.198 e. The molecular weight excluding hydrogens is 217 g/mol. The molecule has 0 atom stereocenters. The van der Waals surface area contributed by atoms with Gasteiger partial charge in [0, 0.05) is 0 Å². The zero-order valence-electron chi connectivity index (χ0n) is 8.39. The summed E-state index contributed by atoms with van der Waals surface area (Å²) < 4.78 is 37.5. The average Bonchev–Trinajstić information content (AvgIpc) is 2.16. The Kier molecular flexibility index (Phi) is 3.20. The van der Waals surface area contributed by atoms with Gasteiger partial charge in [0.15, 0.2) is 0 Å². The highest BCUT2D eigenvalue weighted by Crippen LogP contribution is 2.33. The predicted octanol–water partition coefficient (Wildman–Crippen LogP) is 2.95. The van der Waals surface area contributed by atoms with Gasteiger partial charge in [0.2, 0.25) is 0 Å². The van der Waals surface area contributed by atoms with E-state index in [0.29, 0.717) is 5.56 Å². The molecule has 0 amide bonds. The first-order valence-electron chi connectivity index (χ1n) is 4.38. The molecule has 0 aliphatic rings. The molecule has 0 spiro atoms. The standard InChI is InChI=1S/C11H7F3N2/c1-7-9(6-16)8(4-5-15)2-3-10(7)11(12,13)14/h2-3H,4H2,1H3. The van der Waals surface area contributed by atoms with Crippen molar-refractivity contribution in [1.82, 2.24) is 0 Å². The van der Waals surface area contributed by atoms with Gasteiger partial charge >= 0.3 is 6.18 Å². The van der Waals surface area contributed by atoms with Gasteiger partial charge in [-0.25, -0.2) is 0 Å². The lowest BCUT2D eigenvalue weighted by atomic mass is 9.96. The second-order valence-corrected chi connectivity index (χ2v) is 3.22. The predicted molar refractivity (Wildman–Crippen MR) is 50.2 cm³/mol. The van der Waals surface area contributed by atoms with Crippen molar-refractivity contribution in [2.24, 2.45) is 0 Å². The zero-order chi connectivity index (χ0) is 12.3. The Labute approximate surface area is 90.5 Å². The third-order valence-corrected chi connectivity index (χ3v) is 2.24. The van der Waals surface area contributed by atoms with E-state index in [1.54, 1.807) is 6.07 Å². The Hall–Kier alpha value is -2.01. The van der Waals surface area contributed by atoms with Crippen LogP contribution in [0.15, 0.2) is 12.1 Å². The molecule has 0 N–H and O–H groups in total. The van der Waals surface area contributed by atoms with Crippen molar-refractivity contribution >= 4 is 0 Å². The van der Waals surface area contributed by atoms with Crippen LogP contribution >= 0.6 is 0 Å². The van der Waals surface area contributed by atoms with Crippen molar-refractivity contribution < 1.29 is 13.2 Å². The molecule has 2 nitrogen and oxygen atoms in total. The molecular formula is C11H7F3N2. The van der Waals surface area contributed by atoms with Gasteiger partial charge < -0.3 is 0 Å². The molecule has 1 rings (SSSR count). The molecule has 1 aromatic rings. The highest BCUT2D eigenvalue weighted by atomic mass is 19.4. The summed E-state index contributed by atoms with van der Waals surface area (Å²) in [5.74, 6) is 0. The van der Waals surface area contributed by atoms with Gasteiger partial charge in [0.25, 0.3) is 0 Å². The summed E-state index contributed by atoms with van der Waals surface area (Å²) in [6.45, 7) is 1.24. The van der Waals surface area contributed by atoms with E-state index in [4.69, 9.17) is 10.5 Å². The molecule has 0 bridgehead atoms. The van der Waals surface area contributed by atoms with Gasteiger partial charge in [-0.2, -0.15) is 23.7 Å². The lowest BCUT2D eigenvalue weighted by molar-refractivity contribution is -0.138. The maximum Gasteiger partial charge on any atom is 0.416 e. The van der Waals surface area contributed by atoms with Gasteiger partial charge in [-0.05, 0) is 24.1 Å². The minimum atomic E-state index is -4.47. The largest absolute Gasteiger partial charge is 0.416 e. The van der Waals surface area contributed by atoms with E-state index in [9.17, 15) is 13.2 Å². The maximum absolute atomic E-state index is 12.5. The van der Waals surface area contributed by atoms with E-state index in [2.05, 4.69) is 0 Å². The number of hydrogen-bond acceptors (Lipinski definition) is 2. The Balaban J connectivity index is 3.43. The number of benzene rings is 1. The normalized spacial score (nSPS) is 10.6. The maximum atomic E-state index is 12.5. The first-order chi connectivity index (χ1) is 7.41. The Bertz CT molecular complexity index is 490. The molecule has 0 fully saturated rings. The van der Waals surface area contributed by atoms with Crippen LogP contribution in [-0.2, 0) is 12.6 Å². The first kappa shape index (κ1) is 12.1. The van der Waals surface area contributed by atoms with Gasteiger partial charge in [-0.3, -0.25) is 0 Å². The molecule has 0 radical (unpaired) electrons. The minimum absolute atomic E-state index is 0.0589. The van der Waals surface area contributed by atoms with Crippen LogP contribution in [0.4, 0.5) is 13.2 Å². The van der Waals surface area contributed by atoms with Crippen LogP contribution in [0.2, 0.25) is 0 Å². The van der Waals surface area contributed by atoms with Crippen molar-refractivity contribution in [1.29, 1.82) is 10.5 Å². The van der Waals surface area contributed by atoms with Gasteiger partial charge in [-0.1, -0.05) is 6.07 Å². The second-order valence-electron chi connectivity index (χ2n) is 3.22. The van der Waals surface area contributed by atoms with Gasteiger partial charge in [0.05, 0.1) is 29.7 Å². The summed E-state index contributed by atoms with van der Waals surface area (Å²) in [5.41, 5.74) is -0.680. The molecule has 16 heavy (non-hydrogen) atoms. The fourth-order valence-corrected chi connectivity index (χ4v) is 1.46. The quantitative estimate of drug-likeness (QED) is 0.736. The third kappa shape index (κ3) is 2.14. The number of hydrogen-bond donors (Lipinski definition) is 0.